The molecule has 0 saturated heterocycles. The van der Waals surface area contributed by atoms with Gasteiger partial charge < -0.3 is 11.1 Å². The molecule has 0 aliphatic heterocycles. The lowest BCUT2D eigenvalue weighted by molar-refractivity contribution is 0.558. The monoisotopic (exact) mass is 206 g/mol. The highest BCUT2D eigenvalue weighted by atomic mass is 14.9. The average molecular weight is 206 g/mol. The van der Waals surface area contributed by atoms with Crippen molar-refractivity contribution in [1.29, 1.82) is 0 Å². The summed E-state index contributed by atoms with van der Waals surface area (Å²) >= 11 is 0. The van der Waals surface area contributed by atoms with Crippen LogP contribution in [-0.2, 0) is 6.42 Å². The zero-order valence-corrected chi connectivity index (χ0v) is 10.0. The highest BCUT2D eigenvalue weighted by molar-refractivity contribution is 5.30. The summed E-state index contributed by atoms with van der Waals surface area (Å²) in [5.41, 5.74) is 9.69. The van der Waals surface area contributed by atoms with E-state index in [1.54, 1.807) is 0 Å². The van der Waals surface area contributed by atoms with Crippen LogP contribution in [0.15, 0.2) is 18.2 Å². The van der Waals surface area contributed by atoms with Gasteiger partial charge in [0.05, 0.1) is 0 Å². The maximum atomic E-state index is 5.54. The summed E-state index contributed by atoms with van der Waals surface area (Å²) in [4.78, 5) is 0. The van der Waals surface area contributed by atoms with Gasteiger partial charge in [0.1, 0.15) is 0 Å². The maximum Gasteiger partial charge on any atom is 0.0162 e. The molecule has 0 bridgehead atoms. The Hall–Kier alpha value is -0.860. The minimum absolute atomic E-state index is 0.412. The SMILES string of the molecule is Cc1ccc(C)c(CCN[C@@H](C)CN)c1. The van der Waals surface area contributed by atoms with Gasteiger partial charge in [-0.05, 0) is 44.9 Å². The lowest BCUT2D eigenvalue weighted by Gasteiger charge is -2.12. The van der Waals surface area contributed by atoms with Crippen molar-refractivity contribution in [1.82, 2.24) is 5.32 Å². The zero-order valence-electron chi connectivity index (χ0n) is 10.0. The lowest BCUT2D eigenvalue weighted by atomic mass is 10.0. The summed E-state index contributed by atoms with van der Waals surface area (Å²) < 4.78 is 0. The van der Waals surface area contributed by atoms with Crippen LogP contribution in [0.4, 0.5) is 0 Å². The summed E-state index contributed by atoms with van der Waals surface area (Å²) in [5, 5.41) is 3.40. The fraction of sp³-hybridized carbons (Fsp3) is 0.538. The van der Waals surface area contributed by atoms with Crippen molar-refractivity contribution in [3.63, 3.8) is 0 Å². The fourth-order valence-electron chi connectivity index (χ4n) is 1.61. The van der Waals surface area contributed by atoms with Gasteiger partial charge in [0.25, 0.3) is 0 Å². The molecule has 1 aromatic carbocycles. The third-order valence-electron chi connectivity index (χ3n) is 2.75. The molecule has 2 heteroatoms. The maximum absolute atomic E-state index is 5.54. The third-order valence-corrected chi connectivity index (χ3v) is 2.75. The van der Waals surface area contributed by atoms with Crippen molar-refractivity contribution in [3.05, 3.63) is 34.9 Å². The van der Waals surface area contributed by atoms with E-state index in [1.807, 2.05) is 0 Å². The summed E-state index contributed by atoms with van der Waals surface area (Å²) in [6.07, 6.45) is 1.08. The molecule has 0 aliphatic carbocycles. The second kappa shape index (κ2) is 5.89. The predicted octanol–water partition coefficient (Wildman–Crippen LogP) is 1.78. The molecule has 1 aromatic rings. The highest BCUT2D eigenvalue weighted by Gasteiger charge is 2.00. The molecule has 2 nitrogen and oxygen atoms in total. The van der Waals surface area contributed by atoms with E-state index < -0.39 is 0 Å². The van der Waals surface area contributed by atoms with Crippen molar-refractivity contribution >= 4 is 0 Å². The van der Waals surface area contributed by atoms with Gasteiger partial charge in [-0.15, -0.1) is 0 Å². The first kappa shape index (κ1) is 12.2. The smallest absolute Gasteiger partial charge is 0.0162 e. The number of nitrogens with two attached hydrogens (primary N) is 1. The van der Waals surface area contributed by atoms with Crippen molar-refractivity contribution in [2.24, 2.45) is 5.73 Å². The molecule has 0 aliphatic rings. The Labute approximate surface area is 92.9 Å². The normalized spacial score (nSPS) is 12.8. The molecule has 1 atom stereocenters. The standard InChI is InChI=1S/C13H22N2/c1-10-4-5-11(2)13(8-10)6-7-15-12(3)9-14/h4-5,8,12,15H,6-7,9,14H2,1-3H3/t12-/m0/s1. The van der Waals surface area contributed by atoms with Gasteiger partial charge in [0, 0.05) is 12.6 Å². The van der Waals surface area contributed by atoms with Gasteiger partial charge in [-0.3, -0.25) is 0 Å². The molecule has 84 valence electrons. The van der Waals surface area contributed by atoms with Crippen LogP contribution >= 0.6 is 0 Å². The van der Waals surface area contributed by atoms with Gasteiger partial charge >= 0.3 is 0 Å². The number of nitrogens with one attached hydrogen (secondary N) is 1. The van der Waals surface area contributed by atoms with E-state index in [9.17, 15) is 0 Å². The quantitative estimate of drug-likeness (QED) is 0.770. The van der Waals surface area contributed by atoms with Crippen molar-refractivity contribution in [2.45, 2.75) is 33.2 Å². The first-order chi connectivity index (χ1) is 7.13. The molecule has 0 unspecified atom stereocenters. The number of aryl methyl sites for hydroxylation is 2. The van der Waals surface area contributed by atoms with Crippen LogP contribution in [0.25, 0.3) is 0 Å². The summed E-state index contributed by atoms with van der Waals surface area (Å²) in [5.74, 6) is 0. The minimum Gasteiger partial charge on any atom is -0.329 e. The Kier molecular flexibility index (Phi) is 4.79. The van der Waals surface area contributed by atoms with E-state index in [0.29, 0.717) is 12.6 Å². The number of benzene rings is 1. The summed E-state index contributed by atoms with van der Waals surface area (Å²) in [6.45, 7) is 8.12. The van der Waals surface area contributed by atoms with Gasteiger partial charge in [-0.25, -0.2) is 0 Å². The number of rotatable bonds is 5. The molecule has 0 radical (unpaired) electrons. The zero-order chi connectivity index (χ0) is 11.3. The molecule has 1 rings (SSSR count). The molecule has 15 heavy (non-hydrogen) atoms. The Morgan fingerprint density at radius 2 is 2.07 bits per heavy atom. The second-order valence-corrected chi connectivity index (χ2v) is 4.27. The largest absolute Gasteiger partial charge is 0.329 e. The first-order valence-corrected chi connectivity index (χ1v) is 5.63. The van der Waals surface area contributed by atoms with E-state index in [0.717, 1.165) is 13.0 Å². The Morgan fingerprint density at radius 3 is 2.73 bits per heavy atom. The molecule has 0 fully saturated rings. The van der Waals surface area contributed by atoms with E-state index in [-0.39, 0.29) is 0 Å². The van der Waals surface area contributed by atoms with Crippen molar-refractivity contribution in [3.8, 4) is 0 Å². The van der Waals surface area contributed by atoms with Crippen molar-refractivity contribution < 1.29 is 0 Å². The molecule has 0 heterocycles. The van der Waals surface area contributed by atoms with E-state index in [4.69, 9.17) is 5.73 Å². The molecule has 0 spiro atoms. The molecule has 0 saturated carbocycles. The van der Waals surface area contributed by atoms with Gasteiger partial charge in [-0.1, -0.05) is 23.8 Å². The van der Waals surface area contributed by atoms with Crippen LogP contribution in [0.1, 0.15) is 23.6 Å². The van der Waals surface area contributed by atoms with E-state index in [2.05, 4.69) is 44.3 Å². The van der Waals surface area contributed by atoms with Gasteiger partial charge in [-0.2, -0.15) is 0 Å². The van der Waals surface area contributed by atoms with E-state index >= 15 is 0 Å². The second-order valence-electron chi connectivity index (χ2n) is 4.27. The molecular weight excluding hydrogens is 184 g/mol. The summed E-state index contributed by atoms with van der Waals surface area (Å²) in [7, 11) is 0. The number of hydrogen-bond acceptors (Lipinski definition) is 2. The van der Waals surface area contributed by atoms with Crippen LogP contribution < -0.4 is 11.1 Å². The van der Waals surface area contributed by atoms with Crippen LogP contribution in [-0.4, -0.2) is 19.1 Å². The topological polar surface area (TPSA) is 38.0 Å². The fourth-order valence-corrected chi connectivity index (χ4v) is 1.61. The lowest BCUT2D eigenvalue weighted by Crippen LogP contribution is -2.34. The van der Waals surface area contributed by atoms with Crippen molar-refractivity contribution in [2.75, 3.05) is 13.1 Å². The van der Waals surface area contributed by atoms with Crippen LogP contribution in [0, 0.1) is 13.8 Å². The third kappa shape index (κ3) is 4.02. The molecular formula is C13H22N2. The average Bonchev–Trinajstić information content (AvgIpc) is 2.23. The number of hydrogen-bond donors (Lipinski definition) is 2. The van der Waals surface area contributed by atoms with Gasteiger partial charge in [0.2, 0.25) is 0 Å². The molecule has 3 N–H and O–H groups in total. The van der Waals surface area contributed by atoms with E-state index in [1.165, 1.54) is 16.7 Å². The molecule has 0 aromatic heterocycles. The minimum atomic E-state index is 0.412. The van der Waals surface area contributed by atoms with Crippen LogP contribution in [0.3, 0.4) is 0 Å². The van der Waals surface area contributed by atoms with Crippen LogP contribution in [0.5, 0.6) is 0 Å². The Bertz CT molecular complexity index is 307. The Balaban J connectivity index is 2.46. The Morgan fingerprint density at radius 1 is 1.33 bits per heavy atom. The van der Waals surface area contributed by atoms with Crippen LogP contribution in [0.2, 0.25) is 0 Å². The first-order valence-electron chi connectivity index (χ1n) is 5.63. The predicted molar refractivity (Wildman–Crippen MR) is 66.1 cm³/mol. The molecule has 0 amide bonds. The summed E-state index contributed by atoms with van der Waals surface area (Å²) in [6, 6.07) is 7.03. The van der Waals surface area contributed by atoms with Gasteiger partial charge in [0.15, 0.2) is 0 Å². The highest BCUT2D eigenvalue weighted by Crippen LogP contribution is 2.10.